The third-order valence-electron chi connectivity index (χ3n) is 2.98. The normalized spacial score (nSPS) is 14.1. The molecule has 0 radical (unpaired) electrons. The molecule has 0 saturated heterocycles. The van der Waals surface area contributed by atoms with Crippen LogP contribution < -0.4 is 10.0 Å². The van der Waals surface area contributed by atoms with Gasteiger partial charge in [0.1, 0.15) is 10.3 Å². The van der Waals surface area contributed by atoms with Crippen molar-refractivity contribution < 1.29 is 9.52 Å². The van der Waals surface area contributed by atoms with Gasteiger partial charge in [0.05, 0.1) is 11.8 Å². The smallest absolute Gasteiger partial charge is 0.228 e. The zero-order chi connectivity index (χ0) is 14.1. The van der Waals surface area contributed by atoms with Crippen molar-refractivity contribution in [3.05, 3.63) is 40.5 Å². The van der Waals surface area contributed by atoms with Crippen LogP contribution in [0.25, 0.3) is 11.3 Å². The van der Waals surface area contributed by atoms with E-state index in [1.165, 1.54) is 18.6 Å². The summed E-state index contributed by atoms with van der Waals surface area (Å²) in [5.74, 6) is 0.463. The lowest BCUT2D eigenvalue weighted by atomic mass is 10.2. The van der Waals surface area contributed by atoms with E-state index in [1.807, 2.05) is 0 Å². The van der Waals surface area contributed by atoms with Gasteiger partial charge >= 0.3 is 0 Å². The third kappa shape index (κ3) is 2.77. The number of carbonyl (C=O) groups excluding carboxylic acids is 1. The average molecular weight is 335 g/mol. The van der Waals surface area contributed by atoms with Crippen molar-refractivity contribution >= 4 is 27.7 Å². The fourth-order valence-electron chi connectivity index (χ4n) is 1.79. The zero-order valence-electron chi connectivity index (χ0n) is 10.4. The van der Waals surface area contributed by atoms with E-state index in [4.69, 9.17) is 0 Å². The predicted molar refractivity (Wildman–Crippen MR) is 75.5 cm³/mol. The fraction of sp³-hybridized carbons (Fsp3) is 0.231. The van der Waals surface area contributed by atoms with Gasteiger partial charge in [0, 0.05) is 12.0 Å². The number of carbonyl (C=O) groups is 1. The van der Waals surface area contributed by atoms with Crippen molar-refractivity contribution in [2.75, 3.05) is 5.32 Å². The Bertz CT molecular complexity index is 673. The summed E-state index contributed by atoms with van der Waals surface area (Å²) >= 11 is 3.30. The molecule has 2 heterocycles. The number of rotatable bonds is 3. The Balaban J connectivity index is 1.91. The molecule has 1 aliphatic carbocycles. The van der Waals surface area contributed by atoms with E-state index in [0.29, 0.717) is 26.4 Å². The van der Waals surface area contributed by atoms with Crippen LogP contribution in [0.5, 0.6) is 0 Å². The third-order valence-corrected chi connectivity index (χ3v) is 3.56. The monoisotopic (exact) mass is 334 g/mol. The van der Waals surface area contributed by atoms with Gasteiger partial charge < -0.3 is 10.5 Å². The van der Waals surface area contributed by atoms with Gasteiger partial charge in [0.2, 0.25) is 5.91 Å². The molecule has 1 N–H and O–H groups in total. The molecule has 0 atom stereocenters. The van der Waals surface area contributed by atoms with Crippen LogP contribution in [0.4, 0.5) is 5.82 Å². The largest absolute Gasteiger partial charge is 0.619 e. The molecule has 7 heteroatoms. The molecule has 0 spiro atoms. The van der Waals surface area contributed by atoms with E-state index in [-0.39, 0.29) is 11.8 Å². The number of amides is 1. The summed E-state index contributed by atoms with van der Waals surface area (Å²) < 4.78 is 1.21. The SMILES string of the molecule is O=C(Nc1cnc(Br)c(-c2ccc[n+]([O-])c2)n1)C1CC1. The van der Waals surface area contributed by atoms with Crippen molar-refractivity contribution in [3.63, 3.8) is 0 Å². The summed E-state index contributed by atoms with van der Waals surface area (Å²) in [5.41, 5.74) is 1.15. The average Bonchev–Trinajstić information content (AvgIpc) is 3.25. The summed E-state index contributed by atoms with van der Waals surface area (Å²) in [4.78, 5) is 20.2. The number of anilines is 1. The minimum absolute atomic E-state index is 0.0282. The molecule has 0 aromatic carbocycles. The van der Waals surface area contributed by atoms with E-state index in [0.717, 1.165) is 12.8 Å². The Morgan fingerprint density at radius 2 is 2.30 bits per heavy atom. The Morgan fingerprint density at radius 3 is 3.00 bits per heavy atom. The van der Waals surface area contributed by atoms with Crippen molar-refractivity contribution in [2.24, 2.45) is 5.92 Å². The Labute approximate surface area is 123 Å². The molecule has 2 aromatic heterocycles. The van der Waals surface area contributed by atoms with Crippen LogP contribution in [0.2, 0.25) is 0 Å². The lowest BCUT2D eigenvalue weighted by Gasteiger charge is -2.07. The summed E-state index contributed by atoms with van der Waals surface area (Å²) in [6.07, 6.45) is 6.14. The first-order chi connectivity index (χ1) is 9.63. The minimum atomic E-state index is -0.0282. The maximum absolute atomic E-state index is 11.7. The van der Waals surface area contributed by atoms with Crippen molar-refractivity contribution in [1.29, 1.82) is 0 Å². The van der Waals surface area contributed by atoms with Crippen molar-refractivity contribution in [1.82, 2.24) is 9.97 Å². The number of pyridine rings is 1. The van der Waals surface area contributed by atoms with Crippen molar-refractivity contribution in [2.45, 2.75) is 12.8 Å². The number of halogens is 1. The standard InChI is InChI=1S/C13H11BrN4O2/c14-12-11(9-2-1-5-18(20)7-9)16-10(6-15-12)17-13(19)8-3-4-8/h1-2,5-8H,3-4H2,(H,16,17,19). The molecule has 102 valence electrons. The summed E-state index contributed by atoms with van der Waals surface area (Å²) in [6.45, 7) is 0. The minimum Gasteiger partial charge on any atom is -0.619 e. The molecule has 1 aliphatic rings. The summed E-state index contributed by atoms with van der Waals surface area (Å²) in [5, 5.41) is 14.1. The molecule has 1 amide bonds. The van der Waals surface area contributed by atoms with E-state index >= 15 is 0 Å². The van der Waals surface area contributed by atoms with Crippen LogP contribution in [0, 0.1) is 11.1 Å². The van der Waals surface area contributed by atoms with Crippen LogP contribution in [-0.4, -0.2) is 15.9 Å². The van der Waals surface area contributed by atoms with Gasteiger partial charge in [-0.15, -0.1) is 0 Å². The number of hydrogen-bond donors (Lipinski definition) is 1. The van der Waals surface area contributed by atoms with Crippen molar-refractivity contribution in [3.8, 4) is 11.3 Å². The topological polar surface area (TPSA) is 81.8 Å². The number of nitrogens with one attached hydrogen (secondary N) is 1. The highest BCUT2D eigenvalue weighted by atomic mass is 79.9. The Morgan fingerprint density at radius 1 is 1.50 bits per heavy atom. The zero-order valence-corrected chi connectivity index (χ0v) is 12.0. The van der Waals surface area contributed by atoms with E-state index in [2.05, 4.69) is 31.2 Å². The first kappa shape index (κ1) is 13.0. The Hall–Kier alpha value is -2.02. The van der Waals surface area contributed by atoms with Crippen LogP contribution in [-0.2, 0) is 4.79 Å². The second-order valence-corrected chi connectivity index (χ2v) is 5.36. The highest BCUT2D eigenvalue weighted by molar-refractivity contribution is 9.10. The van der Waals surface area contributed by atoms with Crippen LogP contribution >= 0.6 is 15.9 Å². The van der Waals surface area contributed by atoms with E-state index in [1.54, 1.807) is 12.1 Å². The summed E-state index contributed by atoms with van der Waals surface area (Å²) in [6, 6.07) is 3.39. The second-order valence-electron chi connectivity index (χ2n) is 4.61. The van der Waals surface area contributed by atoms with Gasteiger partial charge in [-0.05, 0) is 34.8 Å². The molecule has 0 bridgehead atoms. The second kappa shape index (κ2) is 5.16. The number of nitrogens with zero attached hydrogens (tertiary/aromatic N) is 3. The first-order valence-corrected chi connectivity index (χ1v) is 6.95. The maximum atomic E-state index is 11.7. The molecule has 1 saturated carbocycles. The number of hydrogen-bond acceptors (Lipinski definition) is 4. The maximum Gasteiger partial charge on any atom is 0.228 e. The first-order valence-electron chi connectivity index (χ1n) is 6.16. The quantitative estimate of drug-likeness (QED) is 0.686. The lowest BCUT2D eigenvalue weighted by Crippen LogP contribution is -2.24. The molecule has 1 fully saturated rings. The van der Waals surface area contributed by atoms with Crippen LogP contribution in [0.1, 0.15) is 12.8 Å². The van der Waals surface area contributed by atoms with Gasteiger partial charge in [0.25, 0.3) is 0 Å². The molecule has 6 nitrogen and oxygen atoms in total. The predicted octanol–water partition coefficient (Wildman–Crippen LogP) is 1.89. The Kier molecular flexibility index (Phi) is 3.35. The van der Waals surface area contributed by atoms with E-state index < -0.39 is 0 Å². The molecule has 3 rings (SSSR count). The highest BCUT2D eigenvalue weighted by Gasteiger charge is 2.30. The molecular weight excluding hydrogens is 324 g/mol. The molecule has 0 unspecified atom stereocenters. The summed E-state index contributed by atoms with van der Waals surface area (Å²) in [7, 11) is 0. The van der Waals surface area contributed by atoms with Gasteiger partial charge in [-0.25, -0.2) is 9.97 Å². The van der Waals surface area contributed by atoms with Gasteiger partial charge in [-0.2, -0.15) is 4.73 Å². The van der Waals surface area contributed by atoms with E-state index in [9.17, 15) is 10.0 Å². The van der Waals surface area contributed by atoms with Crippen LogP contribution in [0.3, 0.4) is 0 Å². The molecule has 0 aliphatic heterocycles. The fourth-order valence-corrected chi connectivity index (χ4v) is 2.21. The van der Waals surface area contributed by atoms with Gasteiger partial charge in [0.15, 0.2) is 18.2 Å². The number of aromatic nitrogens is 3. The lowest BCUT2D eigenvalue weighted by molar-refractivity contribution is -0.604. The molecule has 20 heavy (non-hydrogen) atoms. The van der Waals surface area contributed by atoms with Crippen LogP contribution in [0.15, 0.2) is 35.3 Å². The highest BCUT2D eigenvalue weighted by Crippen LogP contribution is 2.30. The van der Waals surface area contributed by atoms with Gasteiger partial charge in [-0.1, -0.05) is 0 Å². The van der Waals surface area contributed by atoms with Gasteiger partial charge in [-0.3, -0.25) is 4.79 Å². The molecular formula is C13H11BrN4O2. The molecule has 2 aromatic rings.